The predicted molar refractivity (Wildman–Crippen MR) is 75.2 cm³/mol. The van der Waals surface area contributed by atoms with Crippen LogP contribution in [0.3, 0.4) is 0 Å². The molecule has 0 radical (unpaired) electrons. The number of rotatable bonds is 4. The van der Waals surface area contributed by atoms with E-state index in [1.54, 1.807) is 0 Å². The van der Waals surface area contributed by atoms with Crippen LogP contribution in [0.4, 0.5) is 11.9 Å². The van der Waals surface area contributed by atoms with Crippen molar-refractivity contribution in [2.75, 3.05) is 30.3 Å². The summed E-state index contributed by atoms with van der Waals surface area (Å²) in [6.45, 7) is 8.94. The maximum Gasteiger partial charge on any atom is 0.323 e. The van der Waals surface area contributed by atoms with Gasteiger partial charge in [0.15, 0.2) is 0 Å². The van der Waals surface area contributed by atoms with Gasteiger partial charge in [-0.2, -0.15) is 15.0 Å². The van der Waals surface area contributed by atoms with E-state index in [4.69, 9.17) is 10.5 Å². The van der Waals surface area contributed by atoms with Gasteiger partial charge in [-0.25, -0.2) is 0 Å². The van der Waals surface area contributed by atoms with Crippen LogP contribution in [0.1, 0.15) is 33.6 Å². The molecule has 1 aromatic rings. The fraction of sp³-hybridized carbons (Fsp3) is 0.769. The second-order valence-electron chi connectivity index (χ2n) is 5.28. The maximum absolute atomic E-state index is 5.70. The fourth-order valence-electron chi connectivity index (χ4n) is 2.46. The molecule has 0 saturated carbocycles. The molecule has 2 rings (SSSR count). The number of ether oxygens (including phenoxy) is 1. The Bertz CT molecular complexity index is 415. The van der Waals surface area contributed by atoms with Gasteiger partial charge in [-0.3, -0.25) is 0 Å². The van der Waals surface area contributed by atoms with E-state index in [2.05, 4.69) is 33.7 Å². The molecule has 0 aliphatic carbocycles. The number of hydrogen-bond acceptors (Lipinski definition) is 6. The molecule has 1 aliphatic heterocycles. The minimum Gasteiger partial charge on any atom is -0.464 e. The van der Waals surface area contributed by atoms with Crippen LogP contribution in [0.2, 0.25) is 0 Å². The molecule has 1 fully saturated rings. The van der Waals surface area contributed by atoms with Crippen molar-refractivity contribution in [3.05, 3.63) is 0 Å². The number of nitrogen functional groups attached to an aromatic ring is 1. The lowest BCUT2D eigenvalue weighted by Crippen LogP contribution is -2.36. The topological polar surface area (TPSA) is 77.2 Å². The van der Waals surface area contributed by atoms with Crippen LogP contribution in [0.15, 0.2) is 0 Å². The third-order valence-corrected chi connectivity index (χ3v) is 3.66. The molecule has 0 atom stereocenters. The number of aromatic nitrogens is 3. The zero-order valence-corrected chi connectivity index (χ0v) is 12.0. The quantitative estimate of drug-likeness (QED) is 0.893. The van der Waals surface area contributed by atoms with E-state index in [0.29, 0.717) is 18.6 Å². The van der Waals surface area contributed by atoms with E-state index in [1.807, 2.05) is 6.92 Å². The number of piperidine rings is 1. The lowest BCUT2D eigenvalue weighted by Gasteiger charge is -2.33. The summed E-state index contributed by atoms with van der Waals surface area (Å²) in [5, 5.41) is 0. The summed E-state index contributed by atoms with van der Waals surface area (Å²) in [7, 11) is 0. The third kappa shape index (κ3) is 3.45. The number of hydrogen-bond donors (Lipinski definition) is 1. The minimum atomic E-state index is 0.222. The van der Waals surface area contributed by atoms with Crippen molar-refractivity contribution in [3.8, 4) is 6.01 Å². The van der Waals surface area contributed by atoms with Crippen molar-refractivity contribution in [1.29, 1.82) is 0 Å². The fourth-order valence-corrected chi connectivity index (χ4v) is 2.46. The van der Waals surface area contributed by atoms with Crippen molar-refractivity contribution in [1.82, 2.24) is 15.0 Å². The van der Waals surface area contributed by atoms with Gasteiger partial charge in [-0.05, 0) is 31.6 Å². The first-order valence-corrected chi connectivity index (χ1v) is 6.99. The average Bonchev–Trinajstić information content (AvgIpc) is 2.38. The molecular formula is C13H23N5O. The highest BCUT2D eigenvalue weighted by molar-refractivity contribution is 5.36. The molecule has 6 heteroatoms. The van der Waals surface area contributed by atoms with E-state index in [9.17, 15) is 0 Å². The monoisotopic (exact) mass is 265 g/mol. The summed E-state index contributed by atoms with van der Waals surface area (Å²) in [6, 6.07) is 0.316. The van der Waals surface area contributed by atoms with Crippen LogP contribution in [0.5, 0.6) is 6.01 Å². The number of nitrogens with two attached hydrogens (primary N) is 1. The van der Waals surface area contributed by atoms with E-state index in [-0.39, 0.29) is 5.95 Å². The highest BCUT2D eigenvalue weighted by Crippen LogP contribution is 2.26. The predicted octanol–water partition coefficient (Wildman–Crippen LogP) is 1.72. The van der Waals surface area contributed by atoms with Crippen LogP contribution in [0, 0.1) is 11.8 Å². The van der Waals surface area contributed by atoms with Crippen molar-refractivity contribution in [2.45, 2.75) is 33.6 Å². The molecular weight excluding hydrogens is 242 g/mol. The molecule has 0 unspecified atom stereocenters. The molecule has 0 bridgehead atoms. The van der Waals surface area contributed by atoms with Crippen LogP contribution >= 0.6 is 0 Å². The SMILES string of the molecule is CCOc1nc(N)nc(N2CCC(C(C)C)CC2)n1. The van der Waals surface area contributed by atoms with E-state index >= 15 is 0 Å². The van der Waals surface area contributed by atoms with Gasteiger partial charge >= 0.3 is 6.01 Å². The van der Waals surface area contributed by atoms with Crippen LogP contribution < -0.4 is 15.4 Å². The zero-order valence-electron chi connectivity index (χ0n) is 12.0. The molecule has 0 spiro atoms. The van der Waals surface area contributed by atoms with Crippen molar-refractivity contribution >= 4 is 11.9 Å². The van der Waals surface area contributed by atoms with Crippen LogP contribution in [-0.4, -0.2) is 34.6 Å². The third-order valence-electron chi connectivity index (χ3n) is 3.66. The normalized spacial score (nSPS) is 16.9. The van der Waals surface area contributed by atoms with Gasteiger partial charge < -0.3 is 15.4 Å². The summed E-state index contributed by atoms with van der Waals surface area (Å²) in [5.74, 6) is 2.39. The first-order chi connectivity index (χ1) is 9.10. The first kappa shape index (κ1) is 13.8. The Morgan fingerprint density at radius 2 is 1.95 bits per heavy atom. The first-order valence-electron chi connectivity index (χ1n) is 6.99. The minimum absolute atomic E-state index is 0.222. The summed E-state index contributed by atoms with van der Waals surface area (Å²) >= 11 is 0. The summed E-state index contributed by atoms with van der Waals surface area (Å²) in [6.07, 6.45) is 2.35. The van der Waals surface area contributed by atoms with Crippen molar-refractivity contribution in [2.24, 2.45) is 11.8 Å². The lowest BCUT2D eigenvalue weighted by molar-refractivity contribution is 0.302. The summed E-state index contributed by atoms with van der Waals surface area (Å²) < 4.78 is 5.31. The standard InChI is InChI=1S/C13H23N5O/c1-4-19-13-16-11(14)15-12(17-13)18-7-5-10(6-8-18)9(2)3/h9-10H,4-8H2,1-3H3,(H2,14,15,16,17). The Kier molecular flexibility index (Phi) is 4.39. The molecule has 0 amide bonds. The molecule has 106 valence electrons. The number of anilines is 2. The van der Waals surface area contributed by atoms with Gasteiger partial charge in [0, 0.05) is 13.1 Å². The van der Waals surface area contributed by atoms with E-state index in [0.717, 1.165) is 24.9 Å². The second kappa shape index (κ2) is 6.04. The Morgan fingerprint density at radius 1 is 1.26 bits per heavy atom. The van der Waals surface area contributed by atoms with Gasteiger partial charge in [-0.1, -0.05) is 13.8 Å². The molecule has 2 heterocycles. The Morgan fingerprint density at radius 3 is 2.53 bits per heavy atom. The lowest BCUT2D eigenvalue weighted by atomic mass is 9.87. The number of nitrogens with zero attached hydrogens (tertiary/aromatic N) is 4. The molecule has 2 N–H and O–H groups in total. The summed E-state index contributed by atoms with van der Waals surface area (Å²) in [5.41, 5.74) is 5.70. The van der Waals surface area contributed by atoms with Crippen molar-refractivity contribution in [3.63, 3.8) is 0 Å². The van der Waals surface area contributed by atoms with Gasteiger partial charge in [0.2, 0.25) is 11.9 Å². The highest BCUT2D eigenvalue weighted by atomic mass is 16.5. The highest BCUT2D eigenvalue weighted by Gasteiger charge is 2.23. The smallest absolute Gasteiger partial charge is 0.323 e. The zero-order chi connectivity index (χ0) is 13.8. The molecule has 6 nitrogen and oxygen atoms in total. The van der Waals surface area contributed by atoms with Gasteiger partial charge in [0.05, 0.1) is 6.61 Å². The Balaban J connectivity index is 2.06. The second-order valence-corrected chi connectivity index (χ2v) is 5.28. The van der Waals surface area contributed by atoms with Gasteiger partial charge in [0.25, 0.3) is 0 Å². The van der Waals surface area contributed by atoms with E-state index in [1.165, 1.54) is 12.8 Å². The summed E-state index contributed by atoms with van der Waals surface area (Å²) in [4.78, 5) is 14.7. The van der Waals surface area contributed by atoms with Crippen LogP contribution in [0.25, 0.3) is 0 Å². The van der Waals surface area contributed by atoms with Gasteiger partial charge in [-0.15, -0.1) is 0 Å². The van der Waals surface area contributed by atoms with Crippen LogP contribution in [-0.2, 0) is 0 Å². The largest absolute Gasteiger partial charge is 0.464 e. The average molecular weight is 265 g/mol. The maximum atomic E-state index is 5.70. The Hall–Kier alpha value is -1.59. The van der Waals surface area contributed by atoms with Crippen molar-refractivity contribution < 1.29 is 4.74 Å². The van der Waals surface area contributed by atoms with E-state index < -0.39 is 0 Å². The molecule has 1 aromatic heterocycles. The van der Waals surface area contributed by atoms with Gasteiger partial charge in [0.1, 0.15) is 0 Å². The molecule has 1 saturated heterocycles. The molecule has 1 aliphatic rings. The molecule has 0 aromatic carbocycles. The Labute approximate surface area is 114 Å². The molecule has 19 heavy (non-hydrogen) atoms.